The highest BCUT2D eigenvalue weighted by molar-refractivity contribution is 5.85. The lowest BCUT2D eigenvalue weighted by Gasteiger charge is -2.25. The normalized spacial score (nSPS) is 12.7. The zero-order valence-electron chi connectivity index (χ0n) is 8.86. The zero-order chi connectivity index (χ0) is 11.2. The first kappa shape index (κ1) is 12.9. The SMILES string of the molecule is COC(C)(COC=C(C)C(=O)O)OC. The smallest absolute Gasteiger partial charge is 0.334 e. The van der Waals surface area contributed by atoms with Gasteiger partial charge >= 0.3 is 5.97 Å². The largest absolute Gasteiger partial charge is 0.495 e. The highest BCUT2D eigenvalue weighted by Crippen LogP contribution is 2.10. The van der Waals surface area contributed by atoms with Gasteiger partial charge in [0.05, 0.1) is 11.8 Å². The predicted molar refractivity (Wildman–Crippen MR) is 49.8 cm³/mol. The number of hydrogen-bond acceptors (Lipinski definition) is 4. The summed E-state index contributed by atoms with van der Waals surface area (Å²) >= 11 is 0. The number of aliphatic carboxylic acids is 1. The summed E-state index contributed by atoms with van der Waals surface area (Å²) in [5.41, 5.74) is 0.125. The van der Waals surface area contributed by atoms with Gasteiger partial charge in [-0.15, -0.1) is 0 Å². The van der Waals surface area contributed by atoms with Crippen LogP contribution in [0.1, 0.15) is 13.8 Å². The van der Waals surface area contributed by atoms with Gasteiger partial charge in [-0.2, -0.15) is 0 Å². The molecule has 0 spiro atoms. The van der Waals surface area contributed by atoms with Crippen molar-refractivity contribution in [2.75, 3.05) is 20.8 Å². The van der Waals surface area contributed by atoms with Gasteiger partial charge in [0.25, 0.3) is 0 Å². The molecule has 5 nitrogen and oxygen atoms in total. The molecular weight excluding hydrogens is 188 g/mol. The van der Waals surface area contributed by atoms with E-state index in [0.29, 0.717) is 0 Å². The van der Waals surface area contributed by atoms with E-state index in [2.05, 4.69) is 0 Å². The van der Waals surface area contributed by atoms with Crippen molar-refractivity contribution in [2.45, 2.75) is 19.6 Å². The van der Waals surface area contributed by atoms with Crippen LogP contribution in [0.2, 0.25) is 0 Å². The van der Waals surface area contributed by atoms with Gasteiger partial charge in [0, 0.05) is 14.2 Å². The maximum Gasteiger partial charge on any atom is 0.334 e. The molecule has 0 fully saturated rings. The van der Waals surface area contributed by atoms with Crippen LogP contribution >= 0.6 is 0 Å². The molecule has 0 heterocycles. The second kappa shape index (κ2) is 5.62. The summed E-state index contributed by atoms with van der Waals surface area (Å²) in [7, 11) is 2.97. The number of carboxylic acid groups (broad SMARTS) is 1. The first-order chi connectivity index (χ1) is 6.45. The first-order valence-electron chi connectivity index (χ1n) is 4.07. The van der Waals surface area contributed by atoms with E-state index < -0.39 is 11.8 Å². The van der Waals surface area contributed by atoms with Crippen LogP contribution in [0.3, 0.4) is 0 Å². The van der Waals surface area contributed by atoms with Crippen LogP contribution in [0.25, 0.3) is 0 Å². The molecule has 0 aliphatic rings. The molecule has 14 heavy (non-hydrogen) atoms. The Morgan fingerprint density at radius 3 is 2.29 bits per heavy atom. The molecule has 0 atom stereocenters. The minimum absolute atomic E-state index is 0.125. The number of carboxylic acids is 1. The molecule has 5 heteroatoms. The third-order valence-corrected chi connectivity index (χ3v) is 1.81. The van der Waals surface area contributed by atoms with Gasteiger partial charge < -0.3 is 19.3 Å². The number of ether oxygens (including phenoxy) is 3. The molecule has 0 aromatic carbocycles. The number of carbonyl (C=O) groups is 1. The number of rotatable bonds is 6. The van der Waals surface area contributed by atoms with Crippen molar-refractivity contribution in [3.05, 3.63) is 11.8 Å². The molecule has 0 saturated carbocycles. The number of hydrogen-bond donors (Lipinski definition) is 1. The highest BCUT2D eigenvalue weighted by Gasteiger charge is 2.22. The molecular formula is C9H16O5. The molecule has 0 saturated heterocycles. The highest BCUT2D eigenvalue weighted by atomic mass is 16.7. The first-order valence-corrected chi connectivity index (χ1v) is 4.07. The van der Waals surface area contributed by atoms with Gasteiger partial charge in [-0.3, -0.25) is 0 Å². The molecule has 1 N–H and O–H groups in total. The Morgan fingerprint density at radius 1 is 1.43 bits per heavy atom. The molecule has 0 rings (SSSR count). The van der Waals surface area contributed by atoms with E-state index in [1.165, 1.54) is 27.4 Å². The van der Waals surface area contributed by atoms with E-state index >= 15 is 0 Å². The van der Waals surface area contributed by atoms with Crippen LogP contribution in [0.5, 0.6) is 0 Å². The Bertz CT molecular complexity index is 217. The fourth-order valence-corrected chi connectivity index (χ4v) is 0.570. The van der Waals surface area contributed by atoms with Crippen molar-refractivity contribution >= 4 is 5.97 Å². The maximum atomic E-state index is 10.4. The minimum atomic E-state index is -1.01. The lowest BCUT2D eigenvalue weighted by molar-refractivity contribution is -0.214. The van der Waals surface area contributed by atoms with E-state index in [1.54, 1.807) is 6.92 Å². The number of methoxy groups -OCH3 is 2. The van der Waals surface area contributed by atoms with Gasteiger partial charge in [0.15, 0.2) is 5.79 Å². The van der Waals surface area contributed by atoms with E-state index in [-0.39, 0.29) is 12.2 Å². The Labute approximate surface area is 83.3 Å². The van der Waals surface area contributed by atoms with E-state index in [9.17, 15) is 4.79 Å². The molecule has 0 bridgehead atoms. The summed E-state index contributed by atoms with van der Waals surface area (Å²) in [5.74, 6) is -1.86. The van der Waals surface area contributed by atoms with Crippen LogP contribution < -0.4 is 0 Å². The Hall–Kier alpha value is -1.07. The predicted octanol–water partition coefficient (Wildman–Crippen LogP) is 1.00. The average Bonchev–Trinajstić information content (AvgIpc) is 2.17. The van der Waals surface area contributed by atoms with Crippen molar-refractivity contribution < 1.29 is 24.1 Å². The quantitative estimate of drug-likeness (QED) is 0.397. The van der Waals surface area contributed by atoms with Gasteiger partial charge in [0.1, 0.15) is 6.61 Å². The molecule has 0 aromatic heterocycles. The molecule has 0 unspecified atom stereocenters. The fraction of sp³-hybridized carbons (Fsp3) is 0.667. The van der Waals surface area contributed by atoms with Crippen LogP contribution in [0, 0.1) is 0 Å². The molecule has 0 aliphatic carbocycles. The Morgan fingerprint density at radius 2 is 1.93 bits per heavy atom. The average molecular weight is 204 g/mol. The topological polar surface area (TPSA) is 65.0 Å². The fourth-order valence-electron chi connectivity index (χ4n) is 0.570. The summed E-state index contributed by atoms with van der Waals surface area (Å²) in [6.07, 6.45) is 1.17. The summed E-state index contributed by atoms with van der Waals surface area (Å²) in [6.45, 7) is 3.26. The summed E-state index contributed by atoms with van der Waals surface area (Å²) in [6, 6.07) is 0. The summed E-state index contributed by atoms with van der Waals surface area (Å²) in [4.78, 5) is 10.4. The van der Waals surface area contributed by atoms with Crippen molar-refractivity contribution in [3.8, 4) is 0 Å². The van der Waals surface area contributed by atoms with Crippen molar-refractivity contribution in [1.29, 1.82) is 0 Å². The molecule has 0 amide bonds. The van der Waals surface area contributed by atoms with Crippen molar-refractivity contribution in [1.82, 2.24) is 0 Å². The van der Waals surface area contributed by atoms with Gasteiger partial charge in [-0.1, -0.05) is 0 Å². The zero-order valence-corrected chi connectivity index (χ0v) is 8.86. The third kappa shape index (κ3) is 4.25. The lowest BCUT2D eigenvalue weighted by atomic mass is 10.3. The van der Waals surface area contributed by atoms with Crippen LogP contribution in [0.4, 0.5) is 0 Å². The standard InChI is InChI=1S/C9H16O5/c1-7(8(10)11)5-14-6-9(2,12-3)13-4/h5H,6H2,1-4H3,(H,10,11). The molecule has 82 valence electrons. The van der Waals surface area contributed by atoms with Crippen molar-refractivity contribution in [2.24, 2.45) is 0 Å². The second-order valence-corrected chi connectivity index (χ2v) is 2.96. The minimum Gasteiger partial charge on any atom is -0.495 e. The van der Waals surface area contributed by atoms with Gasteiger partial charge in [0.2, 0.25) is 0 Å². The third-order valence-electron chi connectivity index (χ3n) is 1.81. The second-order valence-electron chi connectivity index (χ2n) is 2.96. The summed E-state index contributed by atoms with van der Waals surface area (Å²) in [5, 5.41) is 8.52. The van der Waals surface area contributed by atoms with E-state index in [4.69, 9.17) is 19.3 Å². The van der Waals surface area contributed by atoms with E-state index in [0.717, 1.165) is 0 Å². The van der Waals surface area contributed by atoms with Gasteiger partial charge in [-0.25, -0.2) is 4.79 Å². The Balaban J connectivity index is 4.06. The molecule has 0 aliphatic heterocycles. The van der Waals surface area contributed by atoms with E-state index in [1.807, 2.05) is 0 Å². The Kier molecular flexibility index (Phi) is 5.19. The van der Waals surface area contributed by atoms with Gasteiger partial charge in [-0.05, 0) is 13.8 Å². The lowest BCUT2D eigenvalue weighted by Crippen LogP contribution is -2.34. The van der Waals surface area contributed by atoms with Crippen molar-refractivity contribution in [3.63, 3.8) is 0 Å². The van der Waals surface area contributed by atoms with Crippen LogP contribution in [-0.4, -0.2) is 37.7 Å². The monoisotopic (exact) mass is 204 g/mol. The van der Waals surface area contributed by atoms with Crippen LogP contribution in [0.15, 0.2) is 11.8 Å². The molecule has 0 aromatic rings. The summed E-state index contributed by atoms with van der Waals surface area (Å²) < 4.78 is 15.0. The van der Waals surface area contributed by atoms with Crippen LogP contribution in [-0.2, 0) is 19.0 Å². The molecule has 0 radical (unpaired) electrons. The maximum absolute atomic E-state index is 10.4.